The molecular weight excluding hydrogens is 1310 g/mol. The fourth-order valence-corrected chi connectivity index (χ4v) is 12.4. The number of phosphoric acid groups is 2. The Balaban J connectivity index is 5.34. The number of carbonyl (C=O) groups is 4. The summed E-state index contributed by atoms with van der Waals surface area (Å²) in [5.41, 5.74) is 0. The highest BCUT2D eigenvalue weighted by Crippen LogP contribution is 2.45. The highest BCUT2D eigenvalue weighted by Gasteiger charge is 2.30. The summed E-state index contributed by atoms with van der Waals surface area (Å²) in [6.45, 7) is 4.72. The minimum atomic E-state index is -4.98. The molecule has 19 heteroatoms. The van der Waals surface area contributed by atoms with Crippen LogP contribution >= 0.6 is 15.6 Å². The van der Waals surface area contributed by atoms with Gasteiger partial charge in [0.15, 0.2) is 12.2 Å². The van der Waals surface area contributed by atoms with E-state index in [0.717, 1.165) is 148 Å². The number of hydrogen-bond acceptors (Lipinski definition) is 15. The smallest absolute Gasteiger partial charge is 0.462 e. The van der Waals surface area contributed by atoms with Crippen molar-refractivity contribution in [3.05, 3.63) is 85.1 Å². The number of carbonyl (C=O) groups excluding carboxylic acids is 4. The fraction of sp³-hybridized carbons (Fsp3) is 0.778. The Morgan fingerprint density at radius 2 is 0.520 bits per heavy atom. The highest BCUT2D eigenvalue weighted by molar-refractivity contribution is 7.47. The number of phosphoric ester groups is 2. The topological polar surface area (TPSA) is 237 Å². The van der Waals surface area contributed by atoms with E-state index in [1.807, 2.05) is 0 Å². The van der Waals surface area contributed by atoms with Crippen molar-refractivity contribution in [1.29, 1.82) is 0 Å². The molecule has 5 atom stereocenters. The van der Waals surface area contributed by atoms with Crippen LogP contribution in [0.1, 0.15) is 349 Å². The number of allylic oxidation sites excluding steroid dienone is 14. The van der Waals surface area contributed by atoms with Gasteiger partial charge in [-0.3, -0.25) is 37.3 Å². The quantitative estimate of drug-likeness (QED) is 0.0169. The van der Waals surface area contributed by atoms with Crippen LogP contribution in [0.15, 0.2) is 85.1 Å². The summed E-state index contributed by atoms with van der Waals surface area (Å²) >= 11 is 0. The second-order valence-electron chi connectivity index (χ2n) is 26.6. The minimum Gasteiger partial charge on any atom is -0.462 e. The average molecular weight is 1450 g/mol. The molecule has 0 saturated carbocycles. The number of rotatable bonds is 75. The Bertz CT molecular complexity index is 2230. The summed E-state index contributed by atoms with van der Waals surface area (Å²) in [5.74, 6) is -2.21. The molecule has 0 fully saturated rings. The first kappa shape index (κ1) is 96.2. The molecule has 0 amide bonds. The lowest BCUT2D eigenvalue weighted by molar-refractivity contribution is -0.161. The SMILES string of the molecule is CC/C=C\C/C=C\C/C=C\C/C=C\CCCCC(=O)OCC(COP(=O)(O)OCC(O)COP(=O)(O)OCC(COC(=O)CCCCCCCC/C=C\C/C=C\C/C=C\CCCCC)OC(=O)CCCCCCCCCCCCCCC)OC(=O)CCCCCCCCCCCCCCC. The van der Waals surface area contributed by atoms with Crippen molar-refractivity contribution < 1.29 is 80.2 Å². The summed E-state index contributed by atoms with van der Waals surface area (Å²) in [4.78, 5) is 72.9. The molecule has 0 aliphatic carbocycles. The van der Waals surface area contributed by atoms with Crippen molar-refractivity contribution in [2.45, 2.75) is 367 Å². The van der Waals surface area contributed by atoms with Crippen molar-refractivity contribution in [2.75, 3.05) is 39.6 Å². The Morgan fingerprint density at radius 3 is 0.840 bits per heavy atom. The lowest BCUT2D eigenvalue weighted by atomic mass is 10.0. The zero-order chi connectivity index (χ0) is 73.2. The molecule has 0 radical (unpaired) electrons. The molecule has 0 heterocycles. The molecule has 5 unspecified atom stereocenters. The third-order valence-electron chi connectivity index (χ3n) is 16.9. The largest absolute Gasteiger partial charge is 0.472 e. The Hall–Kier alpha value is -3.76. The maximum absolute atomic E-state index is 13.1. The number of unbranched alkanes of at least 4 members (excludes halogenated alkanes) is 35. The van der Waals surface area contributed by atoms with E-state index in [0.29, 0.717) is 25.7 Å². The van der Waals surface area contributed by atoms with Crippen molar-refractivity contribution in [1.82, 2.24) is 0 Å². The third-order valence-corrected chi connectivity index (χ3v) is 18.8. The van der Waals surface area contributed by atoms with E-state index in [1.54, 1.807) is 0 Å². The van der Waals surface area contributed by atoms with Gasteiger partial charge in [-0.05, 0) is 103 Å². The maximum atomic E-state index is 13.1. The predicted molar refractivity (Wildman–Crippen MR) is 409 cm³/mol. The number of aliphatic hydroxyl groups is 1. The molecule has 100 heavy (non-hydrogen) atoms. The Labute approximate surface area is 608 Å². The Morgan fingerprint density at radius 1 is 0.290 bits per heavy atom. The minimum absolute atomic E-state index is 0.0901. The second-order valence-corrected chi connectivity index (χ2v) is 29.5. The molecule has 0 spiro atoms. The van der Waals surface area contributed by atoms with Gasteiger partial charge in [-0.1, -0.05) is 305 Å². The second kappa shape index (κ2) is 73.5. The van der Waals surface area contributed by atoms with Gasteiger partial charge in [-0.2, -0.15) is 0 Å². The molecular formula is C81H144O17P2. The summed E-state index contributed by atoms with van der Waals surface area (Å²) in [6, 6.07) is 0. The van der Waals surface area contributed by atoms with Gasteiger partial charge in [0.2, 0.25) is 0 Å². The first-order valence-electron chi connectivity index (χ1n) is 39.8. The number of hydrogen-bond donors (Lipinski definition) is 3. The van der Waals surface area contributed by atoms with Crippen LogP contribution in [0.5, 0.6) is 0 Å². The number of esters is 4. The normalized spacial score (nSPS) is 14.3. The van der Waals surface area contributed by atoms with E-state index < -0.39 is 97.5 Å². The molecule has 0 bridgehead atoms. The van der Waals surface area contributed by atoms with Gasteiger partial charge in [0, 0.05) is 25.7 Å². The molecule has 0 aliphatic rings. The average Bonchev–Trinajstić information content (AvgIpc) is 0.936. The van der Waals surface area contributed by atoms with Crippen LogP contribution in [0.25, 0.3) is 0 Å². The lowest BCUT2D eigenvalue weighted by Crippen LogP contribution is -2.30. The van der Waals surface area contributed by atoms with Crippen molar-refractivity contribution >= 4 is 39.5 Å². The van der Waals surface area contributed by atoms with Gasteiger partial charge >= 0.3 is 39.5 Å². The van der Waals surface area contributed by atoms with Crippen LogP contribution in [0, 0.1) is 0 Å². The molecule has 0 rings (SSSR count). The first-order valence-corrected chi connectivity index (χ1v) is 42.8. The fourth-order valence-electron chi connectivity index (χ4n) is 10.8. The van der Waals surface area contributed by atoms with Crippen LogP contribution in [0.3, 0.4) is 0 Å². The highest BCUT2D eigenvalue weighted by atomic mass is 31.2. The summed E-state index contributed by atoms with van der Waals surface area (Å²) in [5, 5.41) is 10.6. The van der Waals surface area contributed by atoms with Gasteiger partial charge in [0.05, 0.1) is 26.4 Å². The molecule has 0 aromatic rings. The van der Waals surface area contributed by atoms with Crippen LogP contribution in [-0.2, 0) is 65.4 Å². The molecule has 17 nitrogen and oxygen atoms in total. The monoisotopic (exact) mass is 1450 g/mol. The predicted octanol–water partition coefficient (Wildman–Crippen LogP) is 23.0. The molecule has 580 valence electrons. The summed E-state index contributed by atoms with van der Waals surface area (Å²) in [7, 11) is -9.95. The van der Waals surface area contributed by atoms with Crippen LogP contribution < -0.4 is 0 Å². The van der Waals surface area contributed by atoms with E-state index in [2.05, 4.69) is 113 Å². The van der Waals surface area contributed by atoms with Crippen LogP contribution in [-0.4, -0.2) is 96.7 Å². The number of aliphatic hydroxyl groups excluding tert-OH is 1. The third kappa shape index (κ3) is 72.6. The van der Waals surface area contributed by atoms with Gasteiger partial charge in [-0.25, -0.2) is 9.13 Å². The molecule has 0 saturated heterocycles. The van der Waals surface area contributed by atoms with Crippen molar-refractivity contribution in [3.63, 3.8) is 0 Å². The van der Waals surface area contributed by atoms with Gasteiger partial charge in [0.1, 0.15) is 19.3 Å². The van der Waals surface area contributed by atoms with Crippen molar-refractivity contribution in [2.24, 2.45) is 0 Å². The van der Waals surface area contributed by atoms with E-state index in [4.69, 9.17) is 37.0 Å². The molecule has 0 aromatic heterocycles. The zero-order valence-corrected chi connectivity index (χ0v) is 65.2. The van der Waals surface area contributed by atoms with Crippen LogP contribution in [0.4, 0.5) is 0 Å². The van der Waals surface area contributed by atoms with Gasteiger partial charge in [-0.15, -0.1) is 0 Å². The van der Waals surface area contributed by atoms with Crippen molar-refractivity contribution in [3.8, 4) is 0 Å². The Kier molecular flexibility index (Phi) is 70.8. The molecule has 3 N–H and O–H groups in total. The summed E-state index contributed by atoms with van der Waals surface area (Å²) in [6.07, 6.45) is 75.6. The molecule has 0 aromatic carbocycles. The summed E-state index contributed by atoms with van der Waals surface area (Å²) < 4.78 is 68.5. The molecule has 0 aliphatic heterocycles. The van der Waals surface area contributed by atoms with E-state index >= 15 is 0 Å². The maximum Gasteiger partial charge on any atom is 0.472 e. The number of ether oxygens (including phenoxy) is 4. The van der Waals surface area contributed by atoms with Gasteiger partial charge in [0.25, 0.3) is 0 Å². The van der Waals surface area contributed by atoms with Crippen LogP contribution in [0.2, 0.25) is 0 Å². The lowest BCUT2D eigenvalue weighted by Gasteiger charge is -2.21. The zero-order valence-electron chi connectivity index (χ0n) is 63.4. The van der Waals surface area contributed by atoms with E-state index in [9.17, 15) is 43.2 Å². The standard InChI is InChI=1S/C81H144O17P2/c1-5-9-13-17-21-25-29-33-35-36-37-38-40-44-46-50-54-58-62-66-79(84)92-72-77(98-81(86)68-64-60-56-52-48-42-32-28-24-20-16-12-8-4)74-96-100(89,90)94-70-75(82)69-93-99(87,88)95-73-76(97-80(85)67-63-59-55-51-47-41-31-27-23-19-15-11-7-3)71-91-78(83)65-61-57-53-49-45-43-39-34-30-26-22-18-14-10-6-2/h10,14,21-22,25-26,33-35,37-39,45,49,75-77,82H,5-9,11-13,15-20,23-24,27-32,36,40-44,46-48,50-74H2,1-4H3,(H,87,88)(H,89,90)/b14-10-,25-21-,26-22-,35-33-,38-37-,39-34-,49-45-. The van der Waals surface area contributed by atoms with E-state index in [-0.39, 0.29) is 25.7 Å². The first-order chi connectivity index (χ1) is 48.7. The van der Waals surface area contributed by atoms with Gasteiger partial charge < -0.3 is 33.8 Å². The van der Waals surface area contributed by atoms with E-state index in [1.165, 1.54) is 122 Å².